The third-order valence-electron chi connectivity index (χ3n) is 6.19. The molecule has 2 aromatic carbocycles. The van der Waals surface area contributed by atoms with Gasteiger partial charge >= 0.3 is 0 Å². The van der Waals surface area contributed by atoms with Gasteiger partial charge in [-0.2, -0.15) is 0 Å². The number of rotatable bonds is 9. The molecule has 0 spiro atoms. The van der Waals surface area contributed by atoms with Crippen molar-refractivity contribution in [3.8, 4) is 11.5 Å². The third kappa shape index (κ3) is 7.67. The Morgan fingerprint density at radius 2 is 1.76 bits per heavy atom. The molecule has 0 aliphatic carbocycles. The minimum Gasteiger partial charge on any atom is -0.492 e. The predicted octanol–water partition coefficient (Wildman–Crippen LogP) is 3.33. The molecular formula is C26H35FN2O4. The van der Waals surface area contributed by atoms with E-state index in [4.69, 9.17) is 14.2 Å². The van der Waals surface area contributed by atoms with E-state index in [1.165, 1.54) is 44.5 Å². The number of ether oxygens (including phenoxy) is 3. The molecular weight excluding hydrogens is 423 g/mol. The lowest BCUT2D eigenvalue weighted by Gasteiger charge is -2.30. The molecule has 0 aromatic heterocycles. The maximum atomic E-state index is 13.1. The average Bonchev–Trinajstić information content (AvgIpc) is 3.01. The van der Waals surface area contributed by atoms with Gasteiger partial charge in [0.05, 0.1) is 13.2 Å². The second kappa shape index (κ2) is 11.8. The molecule has 2 aliphatic heterocycles. The smallest absolute Gasteiger partial charge is 0.134 e. The van der Waals surface area contributed by atoms with Crippen molar-refractivity contribution in [1.29, 1.82) is 0 Å². The number of hydrogen-bond acceptors (Lipinski definition) is 6. The fourth-order valence-corrected chi connectivity index (χ4v) is 4.43. The van der Waals surface area contributed by atoms with Crippen LogP contribution in [0.15, 0.2) is 48.5 Å². The maximum Gasteiger partial charge on any atom is 0.134 e. The van der Waals surface area contributed by atoms with Gasteiger partial charge in [-0.3, -0.25) is 9.80 Å². The van der Waals surface area contributed by atoms with E-state index >= 15 is 0 Å². The summed E-state index contributed by atoms with van der Waals surface area (Å²) in [6.07, 6.45) is 3.92. The zero-order chi connectivity index (χ0) is 22.9. The first-order valence-corrected chi connectivity index (χ1v) is 11.9. The highest BCUT2D eigenvalue weighted by Crippen LogP contribution is 2.20. The van der Waals surface area contributed by atoms with E-state index in [2.05, 4.69) is 21.9 Å². The Kier molecular flexibility index (Phi) is 8.56. The lowest BCUT2D eigenvalue weighted by Crippen LogP contribution is -2.48. The normalized spacial score (nSPS) is 22.6. The fourth-order valence-electron chi connectivity index (χ4n) is 4.43. The Balaban J connectivity index is 1.28. The van der Waals surface area contributed by atoms with Crippen LogP contribution < -0.4 is 9.47 Å². The first kappa shape index (κ1) is 24.0. The van der Waals surface area contributed by atoms with Crippen LogP contribution in [0.2, 0.25) is 0 Å². The molecule has 2 heterocycles. The van der Waals surface area contributed by atoms with Gasteiger partial charge in [-0.15, -0.1) is 0 Å². The molecule has 33 heavy (non-hydrogen) atoms. The molecule has 4 rings (SSSR count). The minimum atomic E-state index is -1.15. The fraction of sp³-hybridized carbons (Fsp3) is 0.538. The van der Waals surface area contributed by atoms with Crippen molar-refractivity contribution in [3.05, 3.63) is 59.9 Å². The summed E-state index contributed by atoms with van der Waals surface area (Å²) >= 11 is 0. The van der Waals surface area contributed by atoms with E-state index in [1.807, 2.05) is 12.1 Å². The summed E-state index contributed by atoms with van der Waals surface area (Å²) in [7, 11) is 0. The average molecular weight is 459 g/mol. The highest BCUT2D eigenvalue weighted by atomic mass is 19.1. The summed E-state index contributed by atoms with van der Waals surface area (Å²) in [5, 5.41) is 11.1. The molecule has 1 atom stereocenters. The molecule has 2 aromatic rings. The molecule has 0 amide bonds. The van der Waals surface area contributed by atoms with Gasteiger partial charge in [0.1, 0.15) is 36.1 Å². The van der Waals surface area contributed by atoms with Gasteiger partial charge in [0.15, 0.2) is 0 Å². The SMILES string of the molecule is O[C@@]1(COc2ccc(F)cc2)COCCN(Cc2cccc(OCCN3CCCCC3)c2)C1. The Bertz CT molecular complexity index is 860. The molecule has 0 radical (unpaired) electrons. The number of β-amino-alcohol motifs (C(OH)–C–C–N with tert-alkyl or cyclic N) is 1. The lowest BCUT2D eigenvalue weighted by atomic mass is 10.1. The van der Waals surface area contributed by atoms with Crippen LogP contribution in [0, 0.1) is 5.82 Å². The van der Waals surface area contributed by atoms with E-state index in [0.29, 0.717) is 32.1 Å². The standard InChI is InChI=1S/C26H35FN2O4/c27-23-7-9-24(10-8-23)33-21-26(30)19-29(13-15-31-20-26)18-22-5-4-6-25(17-22)32-16-14-28-11-2-1-3-12-28/h4-10,17,30H,1-3,11-16,18-21H2/t26-/m1/s1. The van der Waals surface area contributed by atoms with Crippen LogP contribution in [-0.2, 0) is 11.3 Å². The summed E-state index contributed by atoms with van der Waals surface area (Å²) in [6.45, 7) is 6.67. The highest BCUT2D eigenvalue weighted by Gasteiger charge is 2.33. The number of aliphatic hydroxyl groups is 1. The number of piperidine rings is 1. The Labute approximate surface area is 195 Å². The second-order valence-electron chi connectivity index (χ2n) is 9.13. The molecule has 0 saturated carbocycles. The topological polar surface area (TPSA) is 54.4 Å². The summed E-state index contributed by atoms with van der Waals surface area (Å²) in [4.78, 5) is 4.65. The van der Waals surface area contributed by atoms with Crippen molar-refractivity contribution in [2.24, 2.45) is 0 Å². The first-order chi connectivity index (χ1) is 16.1. The van der Waals surface area contributed by atoms with Crippen molar-refractivity contribution in [1.82, 2.24) is 9.80 Å². The summed E-state index contributed by atoms with van der Waals surface area (Å²) < 4.78 is 30.5. The molecule has 0 unspecified atom stereocenters. The zero-order valence-corrected chi connectivity index (χ0v) is 19.3. The lowest BCUT2D eigenvalue weighted by molar-refractivity contribution is -0.0646. The largest absolute Gasteiger partial charge is 0.492 e. The molecule has 7 heteroatoms. The van der Waals surface area contributed by atoms with Gasteiger partial charge in [0.2, 0.25) is 0 Å². The first-order valence-electron chi connectivity index (χ1n) is 11.9. The van der Waals surface area contributed by atoms with Gasteiger partial charge < -0.3 is 19.3 Å². The number of benzene rings is 2. The van der Waals surface area contributed by atoms with Gasteiger partial charge in [-0.05, 0) is 67.9 Å². The Morgan fingerprint density at radius 1 is 0.939 bits per heavy atom. The zero-order valence-electron chi connectivity index (χ0n) is 19.3. The second-order valence-corrected chi connectivity index (χ2v) is 9.13. The van der Waals surface area contributed by atoms with Gasteiger partial charge in [-0.1, -0.05) is 18.6 Å². The number of halogens is 1. The van der Waals surface area contributed by atoms with E-state index < -0.39 is 5.60 Å². The van der Waals surface area contributed by atoms with Gasteiger partial charge in [-0.25, -0.2) is 4.39 Å². The third-order valence-corrected chi connectivity index (χ3v) is 6.19. The minimum absolute atomic E-state index is 0.0782. The molecule has 1 N–H and O–H groups in total. The van der Waals surface area contributed by atoms with E-state index in [0.717, 1.165) is 24.4 Å². The maximum absolute atomic E-state index is 13.1. The van der Waals surface area contributed by atoms with E-state index in [1.54, 1.807) is 12.1 Å². The molecule has 6 nitrogen and oxygen atoms in total. The molecule has 0 bridgehead atoms. The van der Waals surface area contributed by atoms with Crippen LogP contribution in [0.3, 0.4) is 0 Å². The summed E-state index contributed by atoms with van der Waals surface area (Å²) in [5.74, 6) is 1.09. The number of nitrogens with zero attached hydrogens (tertiary/aromatic N) is 2. The highest BCUT2D eigenvalue weighted by molar-refractivity contribution is 5.28. The van der Waals surface area contributed by atoms with Crippen LogP contribution in [0.4, 0.5) is 4.39 Å². The van der Waals surface area contributed by atoms with Crippen molar-refractivity contribution in [3.63, 3.8) is 0 Å². The number of likely N-dealkylation sites (tertiary alicyclic amines) is 1. The Hall–Kier alpha value is -2.19. The van der Waals surface area contributed by atoms with Crippen LogP contribution in [0.25, 0.3) is 0 Å². The van der Waals surface area contributed by atoms with Crippen LogP contribution in [0.1, 0.15) is 24.8 Å². The summed E-state index contributed by atoms with van der Waals surface area (Å²) in [5.41, 5.74) is -0.0119. The van der Waals surface area contributed by atoms with E-state index in [-0.39, 0.29) is 19.0 Å². The Morgan fingerprint density at radius 3 is 2.58 bits per heavy atom. The van der Waals surface area contributed by atoms with Crippen molar-refractivity contribution < 1.29 is 23.7 Å². The van der Waals surface area contributed by atoms with Crippen molar-refractivity contribution in [2.45, 2.75) is 31.4 Å². The monoisotopic (exact) mass is 458 g/mol. The van der Waals surface area contributed by atoms with E-state index in [9.17, 15) is 9.50 Å². The molecule has 180 valence electrons. The van der Waals surface area contributed by atoms with Crippen molar-refractivity contribution in [2.75, 3.05) is 59.2 Å². The molecule has 2 saturated heterocycles. The van der Waals surface area contributed by atoms with Gasteiger partial charge in [0.25, 0.3) is 0 Å². The predicted molar refractivity (Wildman–Crippen MR) is 125 cm³/mol. The molecule has 2 fully saturated rings. The van der Waals surface area contributed by atoms with Crippen molar-refractivity contribution >= 4 is 0 Å². The molecule has 2 aliphatic rings. The number of hydrogen-bond donors (Lipinski definition) is 1. The summed E-state index contributed by atoms with van der Waals surface area (Å²) in [6, 6.07) is 14.0. The quantitative estimate of drug-likeness (QED) is 0.622. The van der Waals surface area contributed by atoms with Crippen LogP contribution >= 0.6 is 0 Å². The van der Waals surface area contributed by atoms with Crippen LogP contribution in [0.5, 0.6) is 11.5 Å². The van der Waals surface area contributed by atoms with Crippen LogP contribution in [-0.4, -0.2) is 79.7 Å². The van der Waals surface area contributed by atoms with Gasteiger partial charge in [0, 0.05) is 26.2 Å².